The lowest BCUT2D eigenvalue weighted by Gasteiger charge is -2.13. The molecule has 96 valence electrons. The summed E-state index contributed by atoms with van der Waals surface area (Å²) >= 11 is 0. The van der Waals surface area contributed by atoms with Crippen molar-refractivity contribution in [2.75, 3.05) is 13.2 Å². The third-order valence-electron chi connectivity index (χ3n) is 2.96. The Balaban J connectivity index is 2.03. The molecule has 0 spiro atoms. The minimum atomic E-state index is 0.331. The average molecular weight is 235 g/mol. The highest BCUT2D eigenvalue weighted by atomic mass is 16.2. The zero-order valence-corrected chi connectivity index (χ0v) is 10.9. The Hall–Kier alpha value is -0.860. The number of aliphatic hydroxyl groups excluding tert-OH is 1. The molecule has 0 radical (unpaired) electrons. The first-order chi connectivity index (χ1) is 8.33. The van der Waals surface area contributed by atoms with Gasteiger partial charge in [-0.3, -0.25) is 0 Å². The molecule has 1 aromatic rings. The van der Waals surface area contributed by atoms with E-state index in [-0.39, 0.29) is 0 Å². The molecule has 1 aromatic carbocycles. The first-order valence-corrected chi connectivity index (χ1v) is 6.71. The Kier molecular flexibility index (Phi) is 7.69. The molecule has 0 aromatic heterocycles. The summed E-state index contributed by atoms with van der Waals surface area (Å²) in [6, 6.07) is 11.1. The van der Waals surface area contributed by atoms with Gasteiger partial charge in [0.1, 0.15) is 0 Å². The van der Waals surface area contributed by atoms with Crippen molar-refractivity contribution in [1.29, 1.82) is 0 Å². The number of nitrogens with one attached hydrogen (secondary N) is 1. The second-order valence-electron chi connectivity index (χ2n) is 4.68. The van der Waals surface area contributed by atoms with Crippen molar-refractivity contribution in [3.8, 4) is 0 Å². The summed E-state index contributed by atoms with van der Waals surface area (Å²) < 4.78 is 0. The second-order valence-corrected chi connectivity index (χ2v) is 4.68. The van der Waals surface area contributed by atoms with Crippen LogP contribution in [0.1, 0.15) is 38.2 Å². The molecule has 0 bridgehead atoms. The predicted molar refractivity (Wildman–Crippen MR) is 73.2 cm³/mol. The maximum Gasteiger partial charge on any atom is 0.0431 e. The van der Waals surface area contributed by atoms with Crippen LogP contribution in [0.4, 0.5) is 0 Å². The van der Waals surface area contributed by atoms with Crippen molar-refractivity contribution >= 4 is 0 Å². The molecule has 0 heterocycles. The van der Waals surface area contributed by atoms with Crippen LogP contribution in [-0.2, 0) is 6.42 Å². The monoisotopic (exact) mass is 235 g/mol. The van der Waals surface area contributed by atoms with Gasteiger partial charge in [-0.25, -0.2) is 0 Å². The summed E-state index contributed by atoms with van der Waals surface area (Å²) in [7, 11) is 0. The molecule has 0 aliphatic heterocycles. The highest BCUT2D eigenvalue weighted by Gasteiger charge is 2.01. The van der Waals surface area contributed by atoms with Crippen LogP contribution in [0.5, 0.6) is 0 Å². The van der Waals surface area contributed by atoms with Crippen molar-refractivity contribution in [2.24, 2.45) is 0 Å². The third-order valence-corrected chi connectivity index (χ3v) is 2.96. The van der Waals surface area contributed by atoms with Crippen LogP contribution in [0.15, 0.2) is 30.3 Å². The second kappa shape index (κ2) is 9.20. The van der Waals surface area contributed by atoms with Gasteiger partial charge < -0.3 is 10.4 Å². The Morgan fingerprint density at radius 1 is 1.06 bits per heavy atom. The van der Waals surface area contributed by atoms with E-state index in [1.807, 2.05) is 0 Å². The van der Waals surface area contributed by atoms with Crippen molar-refractivity contribution in [1.82, 2.24) is 5.32 Å². The number of aliphatic hydroxyl groups is 1. The van der Waals surface area contributed by atoms with E-state index < -0.39 is 0 Å². The van der Waals surface area contributed by atoms with Crippen molar-refractivity contribution in [2.45, 2.75) is 45.1 Å². The molecule has 1 unspecified atom stereocenters. The molecular weight excluding hydrogens is 210 g/mol. The van der Waals surface area contributed by atoms with Crippen LogP contribution in [0, 0.1) is 0 Å². The lowest BCUT2D eigenvalue weighted by Crippen LogP contribution is -2.28. The van der Waals surface area contributed by atoms with E-state index in [1.54, 1.807) is 0 Å². The van der Waals surface area contributed by atoms with Crippen LogP contribution in [0.3, 0.4) is 0 Å². The van der Waals surface area contributed by atoms with Crippen molar-refractivity contribution in [3.05, 3.63) is 35.9 Å². The number of unbranched alkanes of at least 4 members (excludes halogenated alkanes) is 3. The van der Waals surface area contributed by atoms with Gasteiger partial charge in [-0.15, -0.1) is 0 Å². The minimum absolute atomic E-state index is 0.331. The molecule has 0 aliphatic carbocycles. The van der Waals surface area contributed by atoms with Gasteiger partial charge in [0.05, 0.1) is 0 Å². The Morgan fingerprint density at radius 2 is 1.76 bits per heavy atom. The fourth-order valence-electron chi connectivity index (χ4n) is 1.98. The normalized spacial score (nSPS) is 12.6. The van der Waals surface area contributed by atoms with Gasteiger partial charge in [-0.05, 0) is 38.3 Å². The number of rotatable bonds is 9. The highest BCUT2D eigenvalue weighted by molar-refractivity contribution is 5.15. The fraction of sp³-hybridized carbons (Fsp3) is 0.600. The van der Waals surface area contributed by atoms with Gasteiger partial charge in [0.15, 0.2) is 0 Å². The van der Waals surface area contributed by atoms with Crippen LogP contribution < -0.4 is 5.32 Å². The fourth-order valence-corrected chi connectivity index (χ4v) is 1.98. The van der Waals surface area contributed by atoms with Crippen molar-refractivity contribution in [3.63, 3.8) is 0 Å². The predicted octanol–water partition coefficient (Wildman–Crippen LogP) is 2.76. The van der Waals surface area contributed by atoms with Crippen LogP contribution in [0.25, 0.3) is 0 Å². The molecule has 2 N–H and O–H groups in total. The number of hydrogen-bond acceptors (Lipinski definition) is 2. The molecule has 2 heteroatoms. The summed E-state index contributed by atoms with van der Waals surface area (Å²) in [6.07, 6.45) is 5.60. The summed E-state index contributed by atoms with van der Waals surface area (Å²) in [5.41, 5.74) is 1.40. The van der Waals surface area contributed by atoms with E-state index >= 15 is 0 Å². The molecule has 2 nitrogen and oxygen atoms in total. The Morgan fingerprint density at radius 3 is 2.47 bits per heavy atom. The van der Waals surface area contributed by atoms with Gasteiger partial charge in [0, 0.05) is 12.6 Å². The topological polar surface area (TPSA) is 32.3 Å². The van der Waals surface area contributed by atoms with E-state index in [9.17, 15) is 0 Å². The maximum absolute atomic E-state index is 8.66. The van der Waals surface area contributed by atoms with Gasteiger partial charge in [-0.2, -0.15) is 0 Å². The van der Waals surface area contributed by atoms with E-state index in [4.69, 9.17) is 5.11 Å². The number of benzene rings is 1. The maximum atomic E-state index is 8.66. The molecule has 1 rings (SSSR count). The first kappa shape index (κ1) is 14.2. The Bertz CT molecular complexity index is 274. The highest BCUT2D eigenvalue weighted by Crippen LogP contribution is 2.03. The van der Waals surface area contributed by atoms with Crippen LogP contribution in [-0.4, -0.2) is 24.3 Å². The van der Waals surface area contributed by atoms with Gasteiger partial charge >= 0.3 is 0 Å². The van der Waals surface area contributed by atoms with E-state index in [0.717, 1.165) is 25.8 Å². The lowest BCUT2D eigenvalue weighted by molar-refractivity contribution is 0.282. The summed E-state index contributed by atoms with van der Waals surface area (Å²) in [4.78, 5) is 0. The minimum Gasteiger partial charge on any atom is -0.396 e. The molecule has 17 heavy (non-hydrogen) atoms. The number of hydrogen-bond donors (Lipinski definition) is 2. The standard InChI is InChI=1S/C15H25NO/c1-14(13-15-9-5-4-6-10-15)16-11-7-2-3-8-12-17/h4-6,9-10,14,16-17H,2-3,7-8,11-13H2,1H3. The van der Waals surface area contributed by atoms with E-state index in [1.165, 1.54) is 18.4 Å². The molecule has 0 saturated carbocycles. The van der Waals surface area contributed by atoms with Crippen LogP contribution >= 0.6 is 0 Å². The molecular formula is C15H25NO. The first-order valence-electron chi connectivity index (χ1n) is 6.71. The van der Waals surface area contributed by atoms with Crippen molar-refractivity contribution < 1.29 is 5.11 Å². The summed E-state index contributed by atoms with van der Waals surface area (Å²) in [6.45, 7) is 3.65. The quantitative estimate of drug-likeness (QED) is 0.645. The SMILES string of the molecule is CC(Cc1ccccc1)NCCCCCCO. The molecule has 1 atom stereocenters. The van der Waals surface area contributed by atoms with Gasteiger partial charge in [0.2, 0.25) is 0 Å². The Labute approximate surface area is 105 Å². The van der Waals surface area contributed by atoms with Gasteiger partial charge in [0.25, 0.3) is 0 Å². The summed E-state index contributed by atoms with van der Waals surface area (Å²) in [5.74, 6) is 0. The largest absolute Gasteiger partial charge is 0.396 e. The summed E-state index contributed by atoms with van der Waals surface area (Å²) in [5, 5.41) is 12.2. The average Bonchev–Trinajstić information content (AvgIpc) is 2.35. The third kappa shape index (κ3) is 7.14. The van der Waals surface area contributed by atoms with Crippen LogP contribution in [0.2, 0.25) is 0 Å². The van der Waals surface area contributed by atoms with E-state index in [2.05, 4.69) is 42.6 Å². The van der Waals surface area contributed by atoms with Gasteiger partial charge in [-0.1, -0.05) is 43.2 Å². The molecule has 0 fully saturated rings. The lowest BCUT2D eigenvalue weighted by atomic mass is 10.1. The molecule has 0 amide bonds. The zero-order valence-electron chi connectivity index (χ0n) is 10.9. The molecule has 0 saturated heterocycles. The molecule has 0 aliphatic rings. The van der Waals surface area contributed by atoms with E-state index in [0.29, 0.717) is 12.6 Å². The smallest absolute Gasteiger partial charge is 0.0431 e. The zero-order chi connectivity index (χ0) is 12.3.